The highest BCUT2D eigenvalue weighted by atomic mass is 19.4. The molecule has 0 saturated heterocycles. The lowest BCUT2D eigenvalue weighted by atomic mass is 9.96. The van der Waals surface area contributed by atoms with Gasteiger partial charge in [0.1, 0.15) is 0 Å². The molecule has 0 spiro atoms. The number of rotatable bonds is 2. The average molecular weight is 335 g/mol. The van der Waals surface area contributed by atoms with E-state index in [1.54, 1.807) is 0 Å². The van der Waals surface area contributed by atoms with Crippen LogP contribution in [0.2, 0.25) is 0 Å². The maximum absolute atomic E-state index is 13.0. The van der Waals surface area contributed by atoms with E-state index < -0.39 is 46.3 Å². The fourth-order valence-corrected chi connectivity index (χ4v) is 2.00. The van der Waals surface area contributed by atoms with Crippen molar-refractivity contribution in [3.05, 3.63) is 53.2 Å². The molecule has 122 valence electrons. The molecule has 0 saturated carbocycles. The second-order valence-corrected chi connectivity index (χ2v) is 4.46. The first-order chi connectivity index (χ1) is 10.5. The number of alkyl halides is 6. The van der Waals surface area contributed by atoms with E-state index in [0.717, 1.165) is 12.3 Å². The van der Waals surface area contributed by atoms with Gasteiger partial charge in [-0.1, -0.05) is 6.07 Å². The summed E-state index contributed by atoms with van der Waals surface area (Å²) in [7, 11) is 0. The van der Waals surface area contributed by atoms with Gasteiger partial charge >= 0.3 is 18.3 Å². The minimum atomic E-state index is -5.06. The summed E-state index contributed by atoms with van der Waals surface area (Å²) in [5.74, 6) is -1.49. The molecule has 1 N–H and O–H groups in total. The van der Waals surface area contributed by atoms with Gasteiger partial charge < -0.3 is 5.11 Å². The summed E-state index contributed by atoms with van der Waals surface area (Å²) >= 11 is 0. The van der Waals surface area contributed by atoms with Crippen LogP contribution in [0.4, 0.5) is 26.3 Å². The SMILES string of the molecule is O=C(O)c1ccnc(-c2c(C(F)(F)F)cccc2C(F)(F)F)c1. The number of carbonyl (C=O) groups is 1. The van der Waals surface area contributed by atoms with Gasteiger partial charge in [-0.2, -0.15) is 26.3 Å². The Balaban J connectivity index is 2.83. The van der Waals surface area contributed by atoms with Crippen molar-refractivity contribution < 1.29 is 36.2 Å². The van der Waals surface area contributed by atoms with Gasteiger partial charge in [-0.05, 0) is 24.3 Å². The van der Waals surface area contributed by atoms with Crippen molar-refractivity contribution in [2.24, 2.45) is 0 Å². The van der Waals surface area contributed by atoms with Crippen LogP contribution in [-0.2, 0) is 12.4 Å². The van der Waals surface area contributed by atoms with E-state index >= 15 is 0 Å². The van der Waals surface area contributed by atoms with Crippen molar-refractivity contribution in [2.75, 3.05) is 0 Å². The minimum Gasteiger partial charge on any atom is -0.478 e. The van der Waals surface area contributed by atoms with Gasteiger partial charge in [0.15, 0.2) is 0 Å². The molecular formula is C14H7F6NO2. The van der Waals surface area contributed by atoms with Gasteiger partial charge in [0.05, 0.1) is 22.4 Å². The van der Waals surface area contributed by atoms with Crippen LogP contribution < -0.4 is 0 Å². The maximum Gasteiger partial charge on any atom is 0.417 e. The summed E-state index contributed by atoms with van der Waals surface area (Å²) in [6, 6.07) is 3.24. The van der Waals surface area contributed by atoms with Crippen LogP contribution in [-0.4, -0.2) is 16.1 Å². The van der Waals surface area contributed by atoms with Crippen LogP contribution in [0.5, 0.6) is 0 Å². The second-order valence-electron chi connectivity index (χ2n) is 4.46. The Morgan fingerprint density at radius 3 is 1.91 bits per heavy atom. The lowest BCUT2D eigenvalue weighted by Gasteiger charge is -2.18. The number of halogens is 6. The third kappa shape index (κ3) is 3.43. The van der Waals surface area contributed by atoms with Crippen LogP contribution >= 0.6 is 0 Å². The van der Waals surface area contributed by atoms with E-state index in [2.05, 4.69) is 4.98 Å². The number of benzene rings is 1. The average Bonchev–Trinajstić information content (AvgIpc) is 2.44. The number of carboxylic acids is 1. The van der Waals surface area contributed by atoms with E-state index in [9.17, 15) is 31.1 Å². The summed E-state index contributed by atoms with van der Waals surface area (Å²) in [6.45, 7) is 0. The molecule has 0 radical (unpaired) electrons. The fourth-order valence-electron chi connectivity index (χ4n) is 2.00. The Morgan fingerprint density at radius 2 is 1.48 bits per heavy atom. The van der Waals surface area contributed by atoms with E-state index in [-0.39, 0.29) is 0 Å². The van der Waals surface area contributed by atoms with E-state index in [4.69, 9.17) is 5.11 Å². The number of nitrogens with zero attached hydrogens (tertiary/aromatic N) is 1. The Morgan fingerprint density at radius 1 is 0.957 bits per heavy atom. The molecule has 1 aromatic carbocycles. The van der Waals surface area contributed by atoms with Crippen molar-refractivity contribution in [1.82, 2.24) is 4.98 Å². The van der Waals surface area contributed by atoms with Crippen LogP contribution in [0.25, 0.3) is 11.3 Å². The molecule has 3 nitrogen and oxygen atoms in total. The third-order valence-electron chi connectivity index (χ3n) is 2.94. The number of pyridine rings is 1. The topological polar surface area (TPSA) is 50.2 Å². The summed E-state index contributed by atoms with van der Waals surface area (Å²) in [4.78, 5) is 14.4. The van der Waals surface area contributed by atoms with Crippen LogP contribution in [0.3, 0.4) is 0 Å². The number of hydrogen-bond donors (Lipinski definition) is 1. The summed E-state index contributed by atoms with van der Waals surface area (Å²) in [5.41, 5.74) is -5.47. The lowest BCUT2D eigenvalue weighted by Crippen LogP contribution is -2.14. The Labute approximate surface area is 125 Å². The molecule has 23 heavy (non-hydrogen) atoms. The molecule has 0 atom stereocenters. The van der Waals surface area contributed by atoms with Crippen molar-refractivity contribution >= 4 is 5.97 Å². The van der Waals surface area contributed by atoms with E-state index in [0.29, 0.717) is 24.3 Å². The number of aromatic nitrogens is 1. The molecule has 0 aliphatic rings. The Hall–Kier alpha value is -2.58. The highest BCUT2D eigenvalue weighted by molar-refractivity contribution is 5.89. The van der Waals surface area contributed by atoms with Crippen LogP contribution in [0.1, 0.15) is 21.5 Å². The molecule has 0 unspecified atom stereocenters. The number of hydrogen-bond acceptors (Lipinski definition) is 2. The smallest absolute Gasteiger partial charge is 0.417 e. The molecule has 1 heterocycles. The zero-order valence-electron chi connectivity index (χ0n) is 11.0. The molecule has 2 rings (SSSR count). The molecule has 9 heteroatoms. The number of aromatic carboxylic acids is 1. The molecule has 2 aromatic rings. The molecule has 0 amide bonds. The molecule has 0 bridgehead atoms. The summed E-state index contributed by atoms with van der Waals surface area (Å²) in [6.07, 6.45) is -9.28. The second kappa shape index (κ2) is 5.56. The third-order valence-corrected chi connectivity index (χ3v) is 2.94. The van der Waals surface area contributed by atoms with Crippen molar-refractivity contribution in [3.63, 3.8) is 0 Å². The first kappa shape index (κ1) is 16.8. The fraction of sp³-hybridized carbons (Fsp3) is 0.143. The van der Waals surface area contributed by atoms with Crippen LogP contribution in [0.15, 0.2) is 36.5 Å². The van der Waals surface area contributed by atoms with Crippen LogP contribution in [0, 0.1) is 0 Å². The van der Waals surface area contributed by atoms with Gasteiger partial charge in [-0.15, -0.1) is 0 Å². The highest BCUT2D eigenvalue weighted by Gasteiger charge is 2.41. The predicted octanol–water partition coefficient (Wildman–Crippen LogP) is 4.48. The largest absolute Gasteiger partial charge is 0.478 e. The maximum atomic E-state index is 13.0. The van der Waals surface area contributed by atoms with Gasteiger partial charge in [0.2, 0.25) is 0 Å². The van der Waals surface area contributed by atoms with E-state index in [1.807, 2.05) is 0 Å². The van der Waals surface area contributed by atoms with Crippen molar-refractivity contribution in [1.29, 1.82) is 0 Å². The summed E-state index contributed by atoms with van der Waals surface area (Å²) < 4.78 is 78.3. The highest BCUT2D eigenvalue weighted by Crippen LogP contribution is 2.43. The first-order valence-electron chi connectivity index (χ1n) is 5.99. The predicted molar refractivity (Wildman–Crippen MR) is 66.6 cm³/mol. The molecular weight excluding hydrogens is 328 g/mol. The van der Waals surface area contributed by atoms with Crippen molar-refractivity contribution in [2.45, 2.75) is 12.4 Å². The summed E-state index contributed by atoms with van der Waals surface area (Å²) in [5, 5.41) is 8.84. The van der Waals surface area contributed by atoms with Gasteiger partial charge in [-0.25, -0.2) is 4.79 Å². The standard InChI is InChI=1S/C14H7F6NO2/c15-13(16,17)8-2-1-3-9(14(18,19)20)11(8)10-6-7(12(22)23)4-5-21-10/h1-6H,(H,22,23). The Bertz CT molecular complexity index is 719. The normalized spacial score (nSPS) is 12.3. The van der Waals surface area contributed by atoms with Crippen molar-refractivity contribution in [3.8, 4) is 11.3 Å². The Kier molecular flexibility index (Phi) is 4.06. The lowest BCUT2D eigenvalue weighted by molar-refractivity contribution is -0.142. The van der Waals surface area contributed by atoms with Gasteiger partial charge in [-0.3, -0.25) is 4.98 Å². The zero-order chi connectivity index (χ0) is 17.4. The minimum absolute atomic E-state index is 0.472. The first-order valence-corrected chi connectivity index (χ1v) is 5.99. The monoisotopic (exact) mass is 335 g/mol. The van der Waals surface area contributed by atoms with Gasteiger partial charge in [0.25, 0.3) is 0 Å². The molecule has 0 aliphatic carbocycles. The molecule has 0 aliphatic heterocycles. The molecule has 1 aromatic heterocycles. The molecule has 0 fully saturated rings. The van der Waals surface area contributed by atoms with E-state index in [1.165, 1.54) is 0 Å². The zero-order valence-corrected chi connectivity index (χ0v) is 11.0. The number of carboxylic acid groups (broad SMARTS) is 1. The quantitative estimate of drug-likeness (QED) is 0.823. The van der Waals surface area contributed by atoms with Gasteiger partial charge in [0, 0.05) is 11.8 Å².